The Hall–Kier alpha value is -0.740. The Kier molecular flexibility index (Phi) is 4.80. The predicted molar refractivity (Wildman–Crippen MR) is 51.2 cm³/mol. The van der Waals surface area contributed by atoms with Crippen molar-refractivity contribution in [2.75, 3.05) is 6.54 Å². The highest BCUT2D eigenvalue weighted by Crippen LogP contribution is 2.13. The minimum Gasteiger partial charge on any atom is -0.330 e. The van der Waals surface area contributed by atoms with E-state index in [1.54, 1.807) is 0 Å². The monoisotopic (exact) mass is 186 g/mol. The van der Waals surface area contributed by atoms with Crippen LogP contribution in [-0.2, 0) is 9.59 Å². The molecule has 4 N–H and O–H groups in total. The van der Waals surface area contributed by atoms with Gasteiger partial charge in [-0.3, -0.25) is 9.59 Å². The Labute approximate surface area is 78.7 Å². The molecule has 13 heavy (non-hydrogen) atoms. The standard InChI is InChI=1S/C9H18N2O2/c1-7(12)9(11,8(2)13)5-3-4-6-10/h3-6,10-11H2,1-2H3. The molecule has 4 heteroatoms. The molecule has 0 atom stereocenters. The van der Waals surface area contributed by atoms with Crippen molar-refractivity contribution < 1.29 is 9.59 Å². The topological polar surface area (TPSA) is 86.2 Å². The lowest BCUT2D eigenvalue weighted by Crippen LogP contribution is -2.52. The summed E-state index contributed by atoms with van der Waals surface area (Å²) in [7, 11) is 0. The normalized spacial score (nSPS) is 11.4. The third-order valence-electron chi connectivity index (χ3n) is 2.28. The molecule has 0 aliphatic rings. The van der Waals surface area contributed by atoms with Crippen LogP contribution in [0.25, 0.3) is 0 Å². The van der Waals surface area contributed by atoms with Gasteiger partial charge in [-0.25, -0.2) is 0 Å². The highest BCUT2D eigenvalue weighted by Gasteiger charge is 2.34. The first-order valence-corrected chi connectivity index (χ1v) is 4.46. The van der Waals surface area contributed by atoms with Gasteiger partial charge in [-0.15, -0.1) is 0 Å². The van der Waals surface area contributed by atoms with Crippen LogP contribution in [-0.4, -0.2) is 23.7 Å². The molecule has 0 aliphatic heterocycles. The SMILES string of the molecule is CC(=O)C(N)(CCCCN)C(C)=O. The fourth-order valence-corrected chi connectivity index (χ4v) is 1.15. The second-order valence-corrected chi connectivity index (χ2v) is 3.33. The van der Waals surface area contributed by atoms with E-state index in [1.807, 2.05) is 0 Å². The molecule has 0 bridgehead atoms. The number of carbonyl (C=O) groups excluding carboxylic acids is 2. The van der Waals surface area contributed by atoms with E-state index >= 15 is 0 Å². The van der Waals surface area contributed by atoms with E-state index in [-0.39, 0.29) is 11.6 Å². The molecule has 0 amide bonds. The molecule has 0 radical (unpaired) electrons. The maximum atomic E-state index is 11.1. The maximum absolute atomic E-state index is 11.1. The van der Waals surface area contributed by atoms with Crippen LogP contribution >= 0.6 is 0 Å². The first-order valence-electron chi connectivity index (χ1n) is 4.46. The minimum absolute atomic E-state index is 0.267. The van der Waals surface area contributed by atoms with Crippen molar-refractivity contribution in [3.63, 3.8) is 0 Å². The number of Topliss-reactive ketones (excluding diaryl/α,β-unsaturated/α-hetero) is 2. The first-order chi connectivity index (χ1) is 5.95. The Morgan fingerprint density at radius 3 is 1.92 bits per heavy atom. The Morgan fingerprint density at radius 1 is 1.15 bits per heavy atom. The molecular formula is C9H18N2O2. The lowest BCUT2D eigenvalue weighted by atomic mass is 9.86. The van der Waals surface area contributed by atoms with Gasteiger partial charge in [-0.1, -0.05) is 0 Å². The quantitative estimate of drug-likeness (QED) is 0.451. The second kappa shape index (κ2) is 5.09. The number of nitrogens with two attached hydrogens (primary N) is 2. The van der Waals surface area contributed by atoms with Gasteiger partial charge in [0.05, 0.1) is 0 Å². The number of unbranched alkanes of at least 4 members (excludes halogenated alkanes) is 1. The molecule has 0 heterocycles. The van der Waals surface area contributed by atoms with Gasteiger partial charge in [-0.2, -0.15) is 0 Å². The molecule has 0 saturated carbocycles. The zero-order valence-corrected chi connectivity index (χ0v) is 8.30. The van der Waals surface area contributed by atoms with Crippen molar-refractivity contribution >= 4 is 11.6 Å². The fraction of sp³-hybridized carbons (Fsp3) is 0.778. The number of rotatable bonds is 6. The van der Waals surface area contributed by atoms with Gasteiger partial charge < -0.3 is 11.5 Å². The van der Waals surface area contributed by atoms with Crippen molar-refractivity contribution in [3.05, 3.63) is 0 Å². The molecule has 0 saturated heterocycles. The highest BCUT2D eigenvalue weighted by atomic mass is 16.2. The van der Waals surface area contributed by atoms with Crippen LogP contribution < -0.4 is 11.5 Å². The maximum Gasteiger partial charge on any atom is 0.157 e. The molecule has 0 unspecified atom stereocenters. The average molecular weight is 186 g/mol. The van der Waals surface area contributed by atoms with Gasteiger partial charge in [0.1, 0.15) is 5.54 Å². The largest absolute Gasteiger partial charge is 0.330 e. The minimum atomic E-state index is -1.28. The van der Waals surface area contributed by atoms with Gasteiger partial charge in [-0.05, 0) is 39.7 Å². The number of hydrogen-bond donors (Lipinski definition) is 2. The van der Waals surface area contributed by atoms with Gasteiger partial charge >= 0.3 is 0 Å². The molecule has 0 fully saturated rings. The van der Waals surface area contributed by atoms with Crippen LogP contribution in [0.15, 0.2) is 0 Å². The lowest BCUT2D eigenvalue weighted by molar-refractivity contribution is -0.132. The van der Waals surface area contributed by atoms with Crippen LogP contribution in [0.4, 0.5) is 0 Å². The lowest BCUT2D eigenvalue weighted by Gasteiger charge is -2.22. The van der Waals surface area contributed by atoms with E-state index in [0.29, 0.717) is 19.4 Å². The van der Waals surface area contributed by atoms with Crippen molar-refractivity contribution in [2.24, 2.45) is 11.5 Å². The third kappa shape index (κ3) is 3.24. The molecule has 0 aromatic rings. The summed E-state index contributed by atoms with van der Waals surface area (Å²) in [4.78, 5) is 22.2. The van der Waals surface area contributed by atoms with Crippen LogP contribution in [0.1, 0.15) is 33.1 Å². The fourth-order valence-electron chi connectivity index (χ4n) is 1.15. The van der Waals surface area contributed by atoms with E-state index in [9.17, 15) is 9.59 Å². The summed E-state index contributed by atoms with van der Waals surface area (Å²) in [5.74, 6) is -0.533. The number of carbonyl (C=O) groups is 2. The van der Waals surface area contributed by atoms with Crippen molar-refractivity contribution in [1.29, 1.82) is 0 Å². The van der Waals surface area contributed by atoms with Gasteiger partial charge in [0.2, 0.25) is 0 Å². The second-order valence-electron chi connectivity index (χ2n) is 3.33. The van der Waals surface area contributed by atoms with Gasteiger partial charge in [0.25, 0.3) is 0 Å². The van der Waals surface area contributed by atoms with Gasteiger partial charge in [0.15, 0.2) is 11.6 Å². The molecule has 76 valence electrons. The van der Waals surface area contributed by atoms with E-state index in [2.05, 4.69) is 0 Å². The molecule has 0 aliphatic carbocycles. The van der Waals surface area contributed by atoms with Crippen molar-refractivity contribution in [1.82, 2.24) is 0 Å². The highest BCUT2D eigenvalue weighted by molar-refractivity contribution is 6.09. The summed E-state index contributed by atoms with van der Waals surface area (Å²) in [5, 5.41) is 0. The summed E-state index contributed by atoms with van der Waals surface area (Å²) in [6.07, 6.45) is 1.90. The Bertz CT molecular complexity index is 188. The molecule has 0 aromatic carbocycles. The predicted octanol–water partition coefficient (Wildman–Crippen LogP) is -0.00910. The smallest absolute Gasteiger partial charge is 0.157 e. The average Bonchev–Trinajstić information content (AvgIpc) is 2.03. The molecular weight excluding hydrogens is 168 g/mol. The molecule has 4 nitrogen and oxygen atoms in total. The van der Waals surface area contributed by atoms with Crippen LogP contribution in [0.3, 0.4) is 0 Å². The Balaban J connectivity index is 4.26. The molecule has 0 spiro atoms. The van der Waals surface area contributed by atoms with Crippen molar-refractivity contribution in [2.45, 2.75) is 38.6 Å². The summed E-state index contributed by atoms with van der Waals surface area (Å²) in [6, 6.07) is 0. The molecule has 0 aromatic heterocycles. The molecule has 0 rings (SSSR count). The number of ketones is 2. The van der Waals surface area contributed by atoms with E-state index < -0.39 is 5.54 Å². The summed E-state index contributed by atoms with van der Waals surface area (Å²) < 4.78 is 0. The van der Waals surface area contributed by atoms with Gasteiger partial charge in [0, 0.05) is 0 Å². The number of hydrogen-bond acceptors (Lipinski definition) is 4. The summed E-state index contributed by atoms with van der Waals surface area (Å²) in [6.45, 7) is 3.26. The van der Waals surface area contributed by atoms with Crippen LogP contribution in [0, 0.1) is 0 Å². The van der Waals surface area contributed by atoms with E-state index in [4.69, 9.17) is 11.5 Å². The van der Waals surface area contributed by atoms with E-state index in [1.165, 1.54) is 13.8 Å². The first kappa shape index (κ1) is 12.3. The summed E-state index contributed by atoms with van der Waals surface area (Å²) >= 11 is 0. The van der Waals surface area contributed by atoms with Crippen molar-refractivity contribution in [3.8, 4) is 0 Å². The zero-order valence-electron chi connectivity index (χ0n) is 8.30. The van der Waals surface area contributed by atoms with Crippen LogP contribution in [0.5, 0.6) is 0 Å². The summed E-state index contributed by atoms with van der Waals surface area (Å²) in [5.41, 5.74) is 9.70. The third-order valence-corrected chi connectivity index (χ3v) is 2.28. The zero-order chi connectivity index (χ0) is 10.5. The van der Waals surface area contributed by atoms with E-state index in [0.717, 1.165) is 6.42 Å². The Morgan fingerprint density at radius 2 is 1.62 bits per heavy atom. The van der Waals surface area contributed by atoms with Crippen LogP contribution in [0.2, 0.25) is 0 Å².